The lowest BCUT2D eigenvalue weighted by Crippen LogP contribution is -2.41. The van der Waals surface area contributed by atoms with Crippen LogP contribution in [0.3, 0.4) is 0 Å². The lowest BCUT2D eigenvalue weighted by atomic mass is 9.87. The summed E-state index contributed by atoms with van der Waals surface area (Å²) in [6, 6.07) is 0. The molecular weight excluding hydrogens is 252 g/mol. The molecule has 0 aromatic heterocycles. The first-order chi connectivity index (χ1) is 8.62. The molecule has 0 aliphatic heterocycles. The Hall–Kier alpha value is -0.383. The molecule has 2 atom stereocenters. The summed E-state index contributed by atoms with van der Waals surface area (Å²) in [4.78, 5) is 0. The van der Waals surface area contributed by atoms with Crippen molar-refractivity contribution in [3.63, 3.8) is 0 Å². The molecule has 1 N–H and O–H groups in total. The van der Waals surface area contributed by atoms with Crippen molar-refractivity contribution in [2.24, 2.45) is 5.92 Å². The van der Waals surface area contributed by atoms with Gasteiger partial charge in [-0.3, -0.25) is 0 Å². The highest BCUT2D eigenvalue weighted by molar-refractivity contribution is 6.74. The van der Waals surface area contributed by atoms with E-state index >= 15 is 0 Å². The van der Waals surface area contributed by atoms with Gasteiger partial charge in [-0.25, -0.2) is 0 Å². The fraction of sp³-hybridized carbons (Fsp3) is 0.750. The van der Waals surface area contributed by atoms with Crippen LogP contribution in [0.5, 0.6) is 0 Å². The molecule has 19 heavy (non-hydrogen) atoms. The zero-order valence-electron chi connectivity index (χ0n) is 13.2. The Kier molecular flexibility index (Phi) is 5.21. The first-order valence-electron chi connectivity index (χ1n) is 7.30. The topological polar surface area (TPSA) is 29.5 Å². The van der Waals surface area contributed by atoms with Crippen molar-refractivity contribution in [3.05, 3.63) is 24.8 Å². The fourth-order valence-corrected chi connectivity index (χ4v) is 3.29. The molecule has 0 amide bonds. The Morgan fingerprint density at radius 2 is 2.11 bits per heavy atom. The zero-order valence-corrected chi connectivity index (χ0v) is 14.2. The van der Waals surface area contributed by atoms with Gasteiger partial charge in [0.25, 0.3) is 0 Å². The summed E-state index contributed by atoms with van der Waals surface area (Å²) in [5.41, 5.74) is -0.795. The molecular formula is C16H30O2Si. The van der Waals surface area contributed by atoms with Crippen molar-refractivity contribution < 1.29 is 9.53 Å². The van der Waals surface area contributed by atoms with Crippen LogP contribution in [0.4, 0.5) is 0 Å². The van der Waals surface area contributed by atoms with Crippen molar-refractivity contribution in [3.8, 4) is 0 Å². The first-order valence-corrected chi connectivity index (χ1v) is 10.2. The van der Waals surface area contributed by atoms with E-state index in [-0.39, 0.29) is 11.0 Å². The largest absolute Gasteiger partial charge is 0.417 e. The summed E-state index contributed by atoms with van der Waals surface area (Å²) < 4.78 is 6.17. The van der Waals surface area contributed by atoms with Crippen LogP contribution in [-0.2, 0) is 4.43 Å². The summed E-state index contributed by atoms with van der Waals surface area (Å²) in [7, 11) is -1.62. The van der Waals surface area contributed by atoms with E-state index in [1.54, 1.807) is 6.08 Å². The number of hydrogen-bond acceptors (Lipinski definition) is 2. The van der Waals surface area contributed by atoms with Crippen LogP contribution in [0.2, 0.25) is 18.1 Å². The van der Waals surface area contributed by atoms with Crippen LogP contribution in [0.1, 0.15) is 40.0 Å². The van der Waals surface area contributed by atoms with Gasteiger partial charge in [-0.1, -0.05) is 45.6 Å². The van der Waals surface area contributed by atoms with Gasteiger partial charge in [0, 0.05) is 6.61 Å². The van der Waals surface area contributed by atoms with Gasteiger partial charge < -0.3 is 9.53 Å². The monoisotopic (exact) mass is 282 g/mol. The van der Waals surface area contributed by atoms with Crippen LogP contribution in [0.25, 0.3) is 0 Å². The van der Waals surface area contributed by atoms with Gasteiger partial charge in [0.05, 0.1) is 0 Å². The highest BCUT2D eigenvalue weighted by Crippen LogP contribution is 2.37. The van der Waals surface area contributed by atoms with Crippen LogP contribution in [0.15, 0.2) is 24.8 Å². The van der Waals surface area contributed by atoms with Crippen LogP contribution < -0.4 is 0 Å². The molecule has 0 radical (unpaired) electrons. The van der Waals surface area contributed by atoms with Crippen molar-refractivity contribution in [2.45, 2.75) is 63.8 Å². The number of allylic oxidation sites excluding steroid dienone is 1. The average Bonchev–Trinajstić information content (AvgIpc) is 2.66. The van der Waals surface area contributed by atoms with Crippen molar-refractivity contribution in [1.82, 2.24) is 0 Å². The lowest BCUT2D eigenvalue weighted by molar-refractivity contribution is 0.0788. The van der Waals surface area contributed by atoms with E-state index in [4.69, 9.17) is 4.43 Å². The van der Waals surface area contributed by atoms with E-state index in [0.29, 0.717) is 0 Å². The van der Waals surface area contributed by atoms with Crippen LogP contribution in [-0.4, -0.2) is 25.6 Å². The Morgan fingerprint density at radius 1 is 1.47 bits per heavy atom. The Bertz CT molecular complexity index is 341. The zero-order chi connectivity index (χ0) is 14.7. The molecule has 0 aromatic carbocycles. The third-order valence-electron chi connectivity index (χ3n) is 4.75. The molecule has 3 heteroatoms. The number of aliphatic hydroxyl groups is 1. The summed E-state index contributed by atoms with van der Waals surface area (Å²) in [5, 5.41) is 10.6. The molecule has 0 saturated heterocycles. The minimum atomic E-state index is -1.62. The molecule has 0 fully saturated rings. The molecule has 1 rings (SSSR count). The molecule has 1 aliphatic carbocycles. The minimum absolute atomic E-state index is 0.268. The average molecular weight is 282 g/mol. The summed E-state index contributed by atoms with van der Waals surface area (Å²) >= 11 is 0. The van der Waals surface area contributed by atoms with E-state index in [9.17, 15) is 5.11 Å². The van der Waals surface area contributed by atoms with E-state index in [0.717, 1.165) is 25.9 Å². The summed E-state index contributed by atoms with van der Waals surface area (Å²) in [6.07, 6.45) is 8.54. The summed E-state index contributed by atoms with van der Waals surface area (Å²) in [6.45, 7) is 15.9. The van der Waals surface area contributed by atoms with Gasteiger partial charge in [-0.05, 0) is 43.3 Å². The number of hydrogen-bond donors (Lipinski definition) is 1. The molecule has 1 aliphatic rings. The van der Waals surface area contributed by atoms with Gasteiger partial charge in [0.1, 0.15) is 5.60 Å². The highest BCUT2D eigenvalue weighted by atomic mass is 28.4. The number of rotatable bonds is 6. The maximum Gasteiger partial charge on any atom is 0.191 e. The fourth-order valence-electron chi connectivity index (χ4n) is 2.20. The quantitative estimate of drug-likeness (QED) is 0.447. The van der Waals surface area contributed by atoms with Gasteiger partial charge in [0.15, 0.2) is 8.32 Å². The van der Waals surface area contributed by atoms with Crippen molar-refractivity contribution >= 4 is 8.32 Å². The predicted octanol–water partition coefficient (Wildman–Crippen LogP) is 4.28. The third-order valence-corrected chi connectivity index (χ3v) is 9.29. The molecule has 0 heterocycles. The van der Waals surface area contributed by atoms with E-state index in [1.165, 1.54) is 0 Å². The smallest absolute Gasteiger partial charge is 0.191 e. The minimum Gasteiger partial charge on any atom is -0.417 e. The maximum atomic E-state index is 10.3. The molecule has 0 unspecified atom stereocenters. The predicted molar refractivity (Wildman–Crippen MR) is 84.8 cm³/mol. The third kappa shape index (κ3) is 4.04. The Balaban J connectivity index is 2.35. The summed E-state index contributed by atoms with van der Waals surface area (Å²) in [5.74, 6) is 0.271. The van der Waals surface area contributed by atoms with E-state index in [1.807, 2.05) is 6.08 Å². The van der Waals surface area contributed by atoms with Crippen molar-refractivity contribution in [2.75, 3.05) is 6.61 Å². The molecule has 110 valence electrons. The molecule has 0 spiro atoms. The van der Waals surface area contributed by atoms with Gasteiger partial charge in [-0.2, -0.15) is 0 Å². The molecule has 0 saturated carbocycles. The van der Waals surface area contributed by atoms with E-state index in [2.05, 4.69) is 46.5 Å². The first kappa shape index (κ1) is 16.7. The molecule has 0 bridgehead atoms. The van der Waals surface area contributed by atoms with Gasteiger partial charge in [0.2, 0.25) is 0 Å². The van der Waals surface area contributed by atoms with Crippen LogP contribution in [0, 0.1) is 5.92 Å². The second-order valence-electron chi connectivity index (χ2n) is 7.18. The molecule has 2 nitrogen and oxygen atoms in total. The second kappa shape index (κ2) is 5.94. The highest BCUT2D eigenvalue weighted by Gasteiger charge is 2.37. The van der Waals surface area contributed by atoms with Gasteiger partial charge in [-0.15, -0.1) is 0 Å². The lowest BCUT2D eigenvalue weighted by Gasteiger charge is -2.36. The second-order valence-corrected chi connectivity index (χ2v) is 12.0. The normalized spacial score (nSPS) is 27.8. The van der Waals surface area contributed by atoms with Crippen LogP contribution >= 0.6 is 0 Å². The standard InChI is InChI=1S/C16H30O2Si/c1-7-16(17)12-8-10-14(16)11-9-13-18-19(5,6)15(2,3)4/h7-8,12,14,17H,1,9-11,13H2,2-6H3/t14-,16-/m0/s1. The Morgan fingerprint density at radius 3 is 2.63 bits per heavy atom. The van der Waals surface area contributed by atoms with Crippen molar-refractivity contribution in [1.29, 1.82) is 0 Å². The SMILES string of the molecule is C=C[C@]1(O)C=CC[C@H]1CCCO[Si](C)(C)C(C)(C)C. The van der Waals surface area contributed by atoms with E-state index < -0.39 is 13.9 Å². The molecule has 0 aromatic rings. The Labute approximate surface area is 119 Å². The maximum absolute atomic E-state index is 10.3. The van der Waals surface area contributed by atoms with Gasteiger partial charge >= 0.3 is 0 Å².